The quantitative estimate of drug-likeness (QED) is 0.308. The Balaban J connectivity index is 3.37. The first-order chi connectivity index (χ1) is 10.5. The summed E-state index contributed by atoms with van der Waals surface area (Å²) >= 11 is 0. The van der Waals surface area contributed by atoms with Crippen molar-refractivity contribution in [3.63, 3.8) is 0 Å². The minimum absolute atomic E-state index is 0.150. The van der Waals surface area contributed by atoms with E-state index in [9.17, 15) is 9.59 Å². The zero-order valence-corrected chi connectivity index (χ0v) is 14.4. The van der Waals surface area contributed by atoms with E-state index < -0.39 is 0 Å². The highest BCUT2D eigenvalue weighted by atomic mass is 16.6. The van der Waals surface area contributed by atoms with Crippen molar-refractivity contribution >= 4 is 11.9 Å². The van der Waals surface area contributed by atoms with Gasteiger partial charge < -0.3 is 9.47 Å². The van der Waals surface area contributed by atoms with Crippen LogP contribution in [0.2, 0.25) is 0 Å². The van der Waals surface area contributed by atoms with Crippen LogP contribution >= 0.6 is 0 Å². The summed E-state index contributed by atoms with van der Waals surface area (Å²) in [6.07, 6.45) is 6.41. The fraction of sp³-hybridized carbons (Fsp3) is 0.875. The first-order valence-electron chi connectivity index (χ1n) is 8.23. The Morgan fingerprint density at radius 1 is 0.727 bits per heavy atom. The van der Waals surface area contributed by atoms with Gasteiger partial charge >= 0.3 is 11.9 Å². The van der Waals surface area contributed by atoms with Gasteiger partial charge in [0.05, 0.1) is 0 Å². The van der Waals surface area contributed by atoms with Crippen LogP contribution in [-0.2, 0) is 19.1 Å². The number of unbranched alkanes of at least 4 members (excludes halogenated alkanes) is 5. The number of carbonyl (C=O) groups excluding carboxylic acids is 2. The molecular formula is C16H32N2O4. The third-order valence-corrected chi connectivity index (χ3v) is 3.44. The van der Waals surface area contributed by atoms with Crippen molar-refractivity contribution in [1.29, 1.82) is 0 Å². The Bertz CT molecular complexity index is 281. The van der Waals surface area contributed by atoms with Crippen molar-refractivity contribution in [3.05, 3.63) is 0 Å². The SMILES string of the molecule is CNC(C)OC(=O)CCCCCCCCC(=O)OC(C)NC. The summed E-state index contributed by atoms with van der Waals surface area (Å²) in [7, 11) is 3.51. The normalized spacial score (nSPS) is 13.5. The third kappa shape index (κ3) is 12.6. The molecule has 0 fully saturated rings. The average molecular weight is 316 g/mol. The third-order valence-electron chi connectivity index (χ3n) is 3.44. The van der Waals surface area contributed by atoms with Crippen LogP contribution in [0.3, 0.4) is 0 Å². The molecule has 0 aliphatic carbocycles. The Kier molecular flexibility index (Phi) is 12.8. The molecule has 6 nitrogen and oxygen atoms in total. The van der Waals surface area contributed by atoms with Gasteiger partial charge in [-0.05, 0) is 40.8 Å². The molecule has 22 heavy (non-hydrogen) atoms. The lowest BCUT2D eigenvalue weighted by Gasteiger charge is -2.11. The van der Waals surface area contributed by atoms with E-state index >= 15 is 0 Å². The summed E-state index contributed by atoms with van der Waals surface area (Å²) in [5, 5.41) is 5.72. The van der Waals surface area contributed by atoms with Gasteiger partial charge in [-0.1, -0.05) is 25.7 Å². The predicted octanol–water partition coefficient (Wildman–Crippen LogP) is 2.32. The Morgan fingerprint density at radius 2 is 1.05 bits per heavy atom. The summed E-state index contributed by atoms with van der Waals surface area (Å²) < 4.78 is 10.2. The monoisotopic (exact) mass is 316 g/mol. The second-order valence-corrected chi connectivity index (χ2v) is 5.46. The van der Waals surface area contributed by atoms with Crippen LogP contribution in [0, 0.1) is 0 Å². The van der Waals surface area contributed by atoms with Gasteiger partial charge in [0.15, 0.2) is 0 Å². The molecule has 2 unspecified atom stereocenters. The first kappa shape index (κ1) is 20.9. The molecule has 0 radical (unpaired) electrons. The fourth-order valence-corrected chi connectivity index (χ4v) is 1.88. The zero-order chi connectivity index (χ0) is 16.8. The topological polar surface area (TPSA) is 76.7 Å². The molecule has 0 amide bonds. The number of ether oxygens (including phenoxy) is 2. The fourth-order valence-electron chi connectivity index (χ4n) is 1.88. The van der Waals surface area contributed by atoms with Gasteiger partial charge in [-0.3, -0.25) is 20.2 Å². The molecule has 0 aliphatic rings. The van der Waals surface area contributed by atoms with Crippen molar-refractivity contribution in [2.75, 3.05) is 14.1 Å². The van der Waals surface area contributed by atoms with Crippen LogP contribution in [0.1, 0.15) is 65.2 Å². The average Bonchev–Trinajstić information content (AvgIpc) is 2.49. The maximum absolute atomic E-state index is 11.4. The van der Waals surface area contributed by atoms with Gasteiger partial charge in [-0.2, -0.15) is 0 Å². The van der Waals surface area contributed by atoms with Crippen LogP contribution in [0.25, 0.3) is 0 Å². The largest absolute Gasteiger partial charge is 0.447 e. The van der Waals surface area contributed by atoms with Crippen molar-refractivity contribution in [3.8, 4) is 0 Å². The number of hydrogen-bond donors (Lipinski definition) is 2. The van der Waals surface area contributed by atoms with E-state index in [2.05, 4.69) is 10.6 Å². The molecule has 130 valence electrons. The number of esters is 2. The highest BCUT2D eigenvalue weighted by Gasteiger charge is 2.08. The van der Waals surface area contributed by atoms with Crippen LogP contribution in [0.15, 0.2) is 0 Å². The second-order valence-electron chi connectivity index (χ2n) is 5.46. The molecule has 0 aromatic rings. The molecule has 0 saturated heterocycles. The van der Waals surface area contributed by atoms with Gasteiger partial charge in [0.1, 0.15) is 12.5 Å². The predicted molar refractivity (Wildman–Crippen MR) is 86.2 cm³/mol. The van der Waals surface area contributed by atoms with Gasteiger partial charge in [-0.25, -0.2) is 0 Å². The molecule has 0 saturated carbocycles. The number of rotatable bonds is 13. The summed E-state index contributed by atoms with van der Waals surface area (Å²) in [6, 6.07) is 0. The van der Waals surface area contributed by atoms with Crippen LogP contribution < -0.4 is 10.6 Å². The van der Waals surface area contributed by atoms with Crippen LogP contribution in [0.5, 0.6) is 0 Å². The Morgan fingerprint density at radius 3 is 1.36 bits per heavy atom. The van der Waals surface area contributed by atoms with Crippen LogP contribution in [0.4, 0.5) is 0 Å². The Hall–Kier alpha value is -1.14. The molecule has 0 aromatic heterocycles. The molecule has 0 bridgehead atoms. The van der Waals surface area contributed by atoms with Gasteiger partial charge in [0.25, 0.3) is 0 Å². The van der Waals surface area contributed by atoms with Gasteiger partial charge in [0.2, 0.25) is 0 Å². The molecular weight excluding hydrogens is 284 g/mol. The number of hydrogen-bond acceptors (Lipinski definition) is 6. The highest BCUT2D eigenvalue weighted by Crippen LogP contribution is 2.10. The molecule has 6 heteroatoms. The standard InChI is InChI=1S/C16H32N2O4/c1-13(17-3)21-15(19)11-9-7-5-6-8-10-12-16(20)22-14(2)18-4/h13-14,17-18H,5-12H2,1-4H3. The summed E-state index contributed by atoms with van der Waals surface area (Å²) in [6.45, 7) is 3.61. The van der Waals surface area contributed by atoms with Gasteiger partial charge in [-0.15, -0.1) is 0 Å². The summed E-state index contributed by atoms with van der Waals surface area (Å²) in [4.78, 5) is 22.8. The summed E-state index contributed by atoms with van der Waals surface area (Å²) in [5.74, 6) is -0.300. The highest BCUT2D eigenvalue weighted by molar-refractivity contribution is 5.69. The van der Waals surface area contributed by atoms with Crippen molar-refractivity contribution in [1.82, 2.24) is 10.6 Å². The zero-order valence-electron chi connectivity index (χ0n) is 14.4. The van der Waals surface area contributed by atoms with Crippen LogP contribution in [-0.4, -0.2) is 38.5 Å². The van der Waals surface area contributed by atoms with E-state index in [1.165, 1.54) is 0 Å². The smallest absolute Gasteiger partial charge is 0.307 e. The lowest BCUT2D eigenvalue weighted by atomic mass is 10.1. The van der Waals surface area contributed by atoms with Crippen molar-refractivity contribution < 1.29 is 19.1 Å². The molecule has 2 N–H and O–H groups in total. The molecule has 0 aliphatic heterocycles. The molecule has 0 spiro atoms. The lowest BCUT2D eigenvalue weighted by molar-refractivity contribution is -0.150. The lowest BCUT2D eigenvalue weighted by Crippen LogP contribution is -2.27. The molecule has 0 rings (SSSR count). The van der Waals surface area contributed by atoms with E-state index in [4.69, 9.17) is 9.47 Å². The number of carbonyl (C=O) groups is 2. The van der Waals surface area contributed by atoms with E-state index in [1.807, 2.05) is 0 Å². The maximum atomic E-state index is 11.4. The molecule has 0 heterocycles. The maximum Gasteiger partial charge on any atom is 0.307 e. The van der Waals surface area contributed by atoms with E-state index in [0.717, 1.165) is 38.5 Å². The first-order valence-corrected chi connectivity index (χ1v) is 8.23. The van der Waals surface area contributed by atoms with E-state index in [0.29, 0.717) is 12.8 Å². The van der Waals surface area contributed by atoms with Crippen molar-refractivity contribution in [2.24, 2.45) is 0 Å². The molecule has 0 aromatic carbocycles. The minimum atomic E-state index is -0.224. The molecule has 2 atom stereocenters. The number of nitrogens with one attached hydrogen (secondary N) is 2. The van der Waals surface area contributed by atoms with Gasteiger partial charge in [0, 0.05) is 12.8 Å². The Labute approximate surface area is 134 Å². The van der Waals surface area contributed by atoms with E-state index in [1.54, 1.807) is 27.9 Å². The second kappa shape index (κ2) is 13.5. The summed E-state index contributed by atoms with van der Waals surface area (Å²) in [5.41, 5.74) is 0. The van der Waals surface area contributed by atoms with Crippen molar-refractivity contribution in [2.45, 2.75) is 77.7 Å². The minimum Gasteiger partial charge on any atom is -0.447 e. The van der Waals surface area contributed by atoms with E-state index in [-0.39, 0.29) is 24.4 Å².